The van der Waals surface area contributed by atoms with Crippen LogP contribution in [0.1, 0.15) is 31.9 Å². The Morgan fingerprint density at radius 1 is 1.29 bits per heavy atom. The first-order valence-corrected chi connectivity index (χ1v) is 6.95. The molecule has 0 heterocycles. The number of ether oxygens (including phenoxy) is 2. The zero-order chi connectivity index (χ0) is 15.9. The molecule has 6 heteroatoms. The molecule has 0 aromatic heterocycles. The summed E-state index contributed by atoms with van der Waals surface area (Å²) in [6, 6.07) is 6.92. The van der Waals surface area contributed by atoms with Crippen LogP contribution in [0.5, 0.6) is 5.75 Å². The minimum atomic E-state index is -4.37. The third kappa shape index (κ3) is 5.93. The summed E-state index contributed by atoms with van der Waals surface area (Å²) >= 11 is 0. The Labute approximate surface area is 123 Å². The van der Waals surface area contributed by atoms with Crippen LogP contribution in [0, 0.1) is 0 Å². The Balaban J connectivity index is 2.84. The molecule has 120 valence electrons. The first kappa shape index (κ1) is 17.8. The van der Waals surface area contributed by atoms with Crippen molar-refractivity contribution in [3.63, 3.8) is 0 Å². The van der Waals surface area contributed by atoms with Gasteiger partial charge in [0.1, 0.15) is 5.75 Å². The summed E-state index contributed by atoms with van der Waals surface area (Å²) in [5.41, 5.74) is 0.661. The second-order valence-corrected chi connectivity index (χ2v) is 4.79. The smallest absolute Gasteiger partial charge is 0.414 e. The fourth-order valence-electron chi connectivity index (χ4n) is 1.82. The van der Waals surface area contributed by atoms with E-state index < -0.39 is 18.4 Å². The third-order valence-corrected chi connectivity index (χ3v) is 3.05. The average molecular weight is 305 g/mol. The zero-order valence-electron chi connectivity index (χ0n) is 12.5. The molecule has 2 unspecified atom stereocenters. The number of nitrogens with one attached hydrogen (secondary N) is 1. The monoisotopic (exact) mass is 305 g/mol. The summed E-state index contributed by atoms with van der Waals surface area (Å²) in [5.74, 6) is 0.594. The fraction of sp³-hybridized carbons (Fsp3) is 0.600. The molecule has 0 aliphatic heterocycles. The summed E-state index contributed by atoms with van der Waals surface area (Å²) in [6.07, 6.45) is -5.97. The van der Waals surface area contributed by atoms with Gasteiger partial charge >= 0.3 is 6.18 Å². The molecule has 0 bridgehead atoms. The molecule has 0 aliphatic rings. The molecule has 1 aromatic carbocycles. The van der Waals surface area contributed by atoms with E-state index in [1.54, 1.807) is 24.3 Å². The quantitative estimate of drug-likeness (QED) is 0.743. The predicted molar refractivity (Wildman–Crippen MR) is 75.5 cm³/mol. The van der Waals surface area contributed by atoms with Crippen molar-refractivity contribution in [2.24, 2.45) is 0 Å². The predicted octanol–water partition coefficient (Wildman–Crippen LogP) is 3.70. The van der Waals surface area contributed by atoms with Crippen LogP contribution in [0.4, 0.5) is 13.2 Å². The Bertz CT molecular complexity index is 424. The highest BCUT2D eigenvalue weighted by Crippen LogP contribution is 2.29. The van der Waals surface area contributed by atoms with E-state index in [-0.39, 0.29) is 0 Å². The molecule has 1 rings (SSSR count). The Hall–Kier alpha value is -1.27. The lowest BCUT2D eigenvalue weighted by Gasteiger charge is -2.25. The van der Waals surface area contributed by atoms with Crippen LogP contribution in [0.3, 0.4) is 0 Å². The number of hydrogen-bond acceptors (Lipinski definition) is 3. The highest BCUT2D eigenvalue weighted by atomic mass is 19.4. The Morgan fingerprint density at radius 3 is 2.57 bits per heavy atom. The molecule has 0 saturated carbocycles. The third-order valence-electron chi connectivity index (χ3n) is 3.05. The van der Waals surface area contributed by atoms with Crippen molar-refractivity contribution < 1.29 is 22.6 Å². The van der Waals surface area contributed by atoms with Gasteiger partial charge in [0.05, 0.1) is 13.2 Å². The largest absolute Gasteiger partial charge is 0.497 e. The zero-order valence-corrected chi connectivity index (χ0v) is 12.5. The van der Waals surface area contributed by atoms with E-state index >= 15 is 0 Å². The molecule has 21 heavy (non-hydrogen) atoms. The van der Waals surface area contributed by atoms with Gasteiger partial charge in [-0.1, -0.05) is 19.1 Å². The van der Waals surface area contributed by atoms with E-state index in [0.29, 0.717) is 17.9 Å². The number of hydrogen-bond donors (Lipinski definition) is 1. The fourth-order valence-corrected chi connectivity index (χ4v) is 1.82. The van der Waals surface area contributed by atoms with Crippen LogP contribution in [-0.2, 0) is 4.74 Å². The van der Waals surface area contributed by atoms with Crippen molar-refractivity contribution in [1.29, 1.82) is 0 Å². The minimum absolute atomic E-state index is 0.321. The lowest BCUT2D eigenvalue weighted by atomic mass is 10.1. The lowest BCUT2D eigenvalue weighted by Crippen LogP contribution is -2.33. The molecule has 2 atom stereocenters. The maximum atomic E-state index is 12.7. The van der Waals surface area contributed by atoms with Crippen LogP contribution in [0.25, 0.3) is 0 Å². The summed E-state index contributed by atoms with van der Waals surface area (Å²) < 4.78 is 48.4. The standard InChI is InChI=1S/C15H22F3NO2/c1-4-8-19-10-14(21-11(2)15(16,17)18)12-6-5-7-13(9-12)20-3/h5-7,9,11,14,19H,4,8,10H2,1-3H3. The van der Waals surface area contributed by atoms with Crippen molar-refractivity contribution in [2.45, 2.75) is 38.7 Å². The first-order chi connectivity index (χ1) is 9.88. The van der Waals surface area contributed by atoms with Gasteiger partial charge in [-0.15, -0.1) is 0 Å². The van der Waals surface area contributed by atoms with Crippen LogP contribution >= 0.6 is 0 Å². The molecule has 1 N–H and O–H groups in total. The van der Waals surface area contributed by atoms with E-state index in [9.17, 15) is 13.2 Å². The number of alkyl halides is 3. The Morgan fingerprint density at radius 2 is 2.00 bits per heavy atom. The van der Waals surface area contributed by atoms with Crippen LogP contribution in [-0.4, -0.2) is 32.5 Å². The molecule has 1 aromatic rings. The van der Waals surface area contributed by atoms with Gasteiger partial charge in [-0.3, -0.25) is 0 Å². The SMILES string of the molecule is CCCNCC(OC(C)C(F)(F)F)c1cccc(OC)c1. The lowest BCUT2D eigenvalue weighted by molar-refractivity contribution is -0.227. The normalized spacial score (nSPS) is 14.8. The second-order valence-electron chi connectivity index (χ2n) is 4.79. The van der Waals surface area contributed by atoms with Gasteiger partial charge in [-0.05, 0) is 37.6 Å². The number of methoxy groups -OCH3 is 1. The summed E-state index contributed by atoms with van der Waals surface area (Å²) in [7, 11) is 1.52. The topological polar surface area (TPSA) is 30.5 Å². The molecule has 0 radical (unpaired) electrons. The van der Waals surface area contributed by atoms with Crippen LogP contribution < -0.4 is 10.1 Å². The average Bonchev–Trinajstić information content (AvgIpc) is 2.45. The van der Waals surface area contributed by atoms with E-state index in [4.69, 9.17) is 9.47 Å². The summed E-state index contributed by atoms with van der Waals surface area (Å²) in [4.78, 5) is 0. The van der Waals surface area contributed by atoms with Gasteiger partial charge in [-0.25, -0.2) is 0 Å². The molecular weight excluding hydrogens is 283 g/mol. The van der Waals surface area contributed by atoms with Crippen molar-refractivity contribution in [3.8, 4) is 5.75 Å². The number of halogens is 3. The second kappa shape index (κ2) is 8.24. The molecular formula is C15H22F3NO2. The van der Waals surface area contributed by atoms with E-state index in [2.05, 4.69) is 5.32 Å². The molecule has 0 amide bonds. The van der Waals surface area contributed by atoms with Crippen LogP contribution in [0.15, 0.2) is 24.3 Å². The van der Waals surface area contributed by atoms with Crippen molar-refractivity contribution in [3.05, 3.63) is 29.8 Å². The minimum Gasteiger partial charge on any atom is -0.497 e. The molecule has 0 saturated heterocycles. The summed E-state index contributed by atoms with van der Waals surface area (Å²) in [6.45, 7) is 4.06. The number of rotatable bonds is 8. The molecule has 0 aliphatic carbocycles. The molecule has 0 fully saturated rings. The van der Waals surface area contributed by atoms with Crippen molar-refractivity contribution in [1.82, 2.24) is 5.32 Å². The van der Waals surface area contributed by atoms with Gasteiger partial charge in [0.2, 0.25) is 0 Å². The Kier molecular flexibility index (Phi) is 6.98. The summed E-state index contributed by atoms with van der Waals surface area (Å²) in [5, 5.41) is 3.09. The van der Waals surface area contributed by atoms with Crippen LogP contribution in [0.2, 0.25) is 0 Å². The first-order valence-electron chi connectivity index (χ1n) is 6.95. The van der Waals surface area contributed by atoms with Gasteiger partial charge in [-0.2, -0.15) is 13.2 Å². The molecule has 0 spiro atoms. The van der Waals surface area contributed by atoms with E-state index in [1.807, 2.05) is 6.92 Å². The maximum absolute atomic E-state index is 12.7. The number of benzene rings is 1. The van der Waals surface area contributed by atoms with Gasteiger partial charge < -0.3 is 14.8 Å². The molecule has 3 nitrogen and oxygen atoms in total. The highest BCUT2D eigenvalue weighted by Gasteiger charge is 2.38. The van der Waals surface area contributed by atoms with E-state index in [0.717, 1.165) is 19.9 Å². The van der Waals surface area contributed by atoms with Gasteiger partial charge in [0, 0.05) is 6.54 Å². The highest BCUT2D eigenvalue weighted by molar-refractivity contribution is 5.30. The van der Waals surface area contributed by atoms with Gasteiger partial charge in [0.25, 0.3) is 0 Å². The van der Waals surface area contributed by atoms with E-state index in [1.165, 1.54) is 7.11 Å². The van der Waals surface area contributed by atoms with Crippen molar-refractivity contribution in [2.75, 3.05) is 20.2 Å². The maximum Gasteiger partial charge on any atom is 0.414 e. The van der Waals surface area contributed by atoms with Crippen molar-refractivity contribution >= 4 is 0 Å². The van der Waals surface area contributed by atoms with Gasteiger partial charge in [0.15, 0.2) is 6.10 Å².